The van der Waals surface area contributed by atoms with Gasteiger partial charge in [0.05, 0.1) is 7.11 Å². The summed E-state index contributed by atoms with van der Waals surface area (Å²) in [7, 11) is 1.68. The van der Waals surface area contributed by atoms with Crippen LogP contribution in [0.15, 0.2) is 46.9 Å². The summed E-state index contributed by atoms with van der Waals surface area (Å²) >= 11 is 3.42. The molecule has 0 saturated heterocycles. The number of aryl methyl sites for hydroxylation is 1. The van der Waals surface area contributed by atoms with Crippen LogP contribution in [0.5, 0.6) is 11.5 Å². The Hall–Kier alpha value is -1.48. The second-order valence-corrected chi connectivity index (χ2v) is 4.97. The Morgan fingerprint density at radius 1 is 1.11 bits per heavy atom. The standard InChI is InChI=1S/C15H15BrO2/c1-11-8-12(6-7-15(11)17-2)10-18-14-5-3-4-13(16)9-14/h3-9H,10H2,1-2H3. The van der Waals surface area contributed by atoms with Crippen molar-refractivity contribution in [1.29, 1.82) is 0 Å². The van der Waals surface area contributed by atoms with E-state index in [2.05, 4.69) is 22.0 Å². The van der Waals surface area contributed by atoms with Crippen LogP contribution in [0.3, 0.4) is 0 Å². The monoisotopic (exact) mass is 306 g/mol. The molecule has 2 nitrogen and oxygen atoms in total. The molecule has 2 rings (SSSR count). The summed E-state index contributed by atoms with van der Waals surface area (Å²) in [4.78, 5) is 0. The smallest absolute Gasteiger partial charge is 0.121 e. The van der Waals surface area contributed by atoms with Crippen LogP contribution in [-0.4, -0.2) is 7.11 Å². The van der Waals surface area contributed by atoms with Crippen LogP contribution >= 0.6 is 15.9 Å². The maximum atomic E-state index is 5.73. The van der Waals surface area contributed by atoms with E-state index in [4.69, 9.17) is 9.47 Å². The first kappa shape index (κ1) is 13.0. The molecule has 0 aromatic heterocycles. The van der Waals surface area contributed by atoms with Crippen molar-refractivity contribution >= 4 is 15.9 Å². The number of halogens is 1. The van der Waals surface area contributed by atoms with E-state index in [0.29, 0.717) is 6.61 Å². The molecular formula is C15H15BrO2. The number of benzene rings is 2. The van der Waals surface area contributed by atoms with Crippen LogP contribution < -0.4 is 9.47 Å². The van der Waals surface area contributed by atoms with Crippen molar-refractivity contribution in [1.82, 2.24) is 0 Å². The molecule has 0 N–H and O–H groups in total. The Kier molecular flexibility index (Phi) is 4.26. The van der Waals surface area contributed by atoms with Gasteiger partial charge in [-0.05, 0) is 48.4 Å². The Balaban J connectivity index is 2.04. The van der Waals surface area contributed by atoms with Gasteiger partial charge in [-0.25, -0.2) is 0 Å². The van der Waals surface area contributed by atoms with Crippen molar-refractivity contribution in [3.63, 3.8) is 0 Å². The molecule has 0 fully saturated rings. The average Bonchev–Trinajstić information content (AvgIpc) is 2.37. The molecule has 0 aliphatic rings. The summed E-state index contributed by atoms with van der Waals surface area (Å²) in [6.45, 7) is 2.59. The molecule has 0 radical (unpaired) electrons. The molecule has 0 aliphatic heterocycles. The summed E-state index contributed by atoms with van der Waals surface area (Å²) in [5.41, 5.74) is 2.25. The van der Waals surface area contributed by atoms with Gasteiger partial charge in [0.15, 0.2) is 0 Å². The van der Waals surface area contributed by atoms with Crippen molar-refractivity contribution in [3.05, 3.63) is 58.1 Å². The van der Waals surface area contributed by atoms with Gasteiger partial charge in [0, 0.05) is 4.47 Å². The molecule has 94 valence electrons. The van der Waals surface area contributed by atoms with Gasteiger partial charge in [-0.3, -0.25) is 0 Å². The third kappa shape index (κ3) is 3.26. The summed E-state index contributed by atoms with van der Waals surface area (Å²) in [6.07, 6.45) is 0. The number of ether oxygens (including phenoxy) is 2. The first-order valence-electron chi connectivity index (χ1n) is 5.71. The minimum Gasteiger partial charge on any atom is -0.496 e. The van der Waals surface area contributed by atoms with Crippen LogP contribution in [-0.2, 0) is 6.61 Å². The van der Waals surface area contributed by atoms with Gasteiger partial charge in [0.1, 0.15) is 18.1 Å². The lowest BCUT2D eigenvalue weighted by molar-refractivity contribution is 0.305. The van der Waals surface area contributed by atoms with E-state index in [1.807, 2.05) is 43.3 Å². The zero-order valence-electron chi connectivity index (χ0n) is 10.4. The van der Waals surface area contributed by atoms with Gasteiger partial charge in [0.25, 0.3) is 0 Å². The van der Waals surface area contributed by atoms with Crippen LogP contribution in [0.4, 0.5) is 0 Å². The van der Waals surface area contributed by atoms with E-state index < -0.39 is 0 Å². The van der Waals surface area contributed by atoms with E-state index in [-0.39, 0.29) is 0 Å². The van der Waals surface area contributed by atoms with Gasteiger partial charge < -0.3 is 9.47 Å². The molecule has 2 aromatic rings. The molecule has 0 aliphatic carbocycles. The Labute approximate surface area is 116 Å². The molecular weight excluding hydrogens is 292 g/mol. The Bertz CT molecular complexity index is 538. The van der Waals surface area contributed by atoms with Crippen molar-refractivity contribution in [2.24, 2.45) is 0 Å². The van der Waals surface area contributed by atoms with Crippen molar-refractivity contribution in [3.8, 4) is 11.5 Å². The SMILES string of the molecule is COc1ccc(COc2cccc(Br)c2)cc1C. The second kappa shape index (κ2) is 5.91. The first-order valence-corrected chi connectivity index (χ1v) is 6.50. The molecule has 0 saturated carbocycles. The summed E-state index contributed by atoms with van der Waals surface area (Å²) in [5, 5.41) is 0. The van der Waals surface area contributed by atoms with Crippen LogP contribution in [0.25, 0.3) is 0 Å². The fourth-order valence-electron chi connectivity index (χ4n) is 1.75. The van der Waals surface area contributed by atoms with Gasteiger partial charge in [0.2, 0.25) is 0 Å². The van der Waals surface area contributed by atoms with Crippen molar-refractivity contribution < 1.29 is 9.47 Å². The van der Waals surface area contributed by atoms with Crippen molar-refractivity contribution in [2.75, 3.05) is 7.11 Å². The molecule has 0 atom stereocenters. The van der Waals surface area contributed by atoms with E-state index in [1.54, 1.807) is 7.11 Å². The predicted molar refractivity (Wildman–Crippen MR) is 76.2 cm³/mol. The Morgan fingerprint density at radius 3 is 2.61 bits per heavy atom. The number of methoxy groups -OCH3 is 1. The fraction of sp³-hybridized carbons (Fsp3) is 0.200. The molecule has 0 spiro atoms. The molecule has 0 unspecified atom stereocenters. The zero-order valence-corrected chi connectivity index (χ0v) is 12.0. The van der Waals surface area contributed by atoms with Gasteiger partial charge in [-0.15, -0.1) is 0 Å². The third-order valence-corrected chi connectivity index (χ3v) is 3.15. The van der Waals surface area contributed by atoms with E-state index in [0.717, 1.165) is 27.1 Å². The molecule has 0 bridgehead atoms. The Morgan fingerprint density at radius 2 is 1.94 bits per heavy atom. The quantitative estimate of drug-likeness (QED) is 0.836. The second-order valence-electron chi connectivity index (χ2n) is 4.05. The normalized spacial score (nSPS) is 10.2. The summed E-state index contributed by atoms with van der Waals surface area (Å²) in [6, 6.07) is 13.9. The lowest BCUT2D eigenvalue weighted by atomic mass is 10.1. The van der Waals surface area contributed by atoms with E-state index in [9.17, 15) is 0 Å². The minimum absolute atomic E-state index is 0.557. The highest BCUT2D eigenvalue weighted by molar-refractivity contribution is 9.10. The maximum Gasteiger partial charge on any atom is 0.121 e. The van der Waals surface area contributed by atoms with E-state index in [1.165, 1.54) is 0 Å². The van der Waals surface area contributed by atoms with Crippen LogP contribution in [0.1, 0.15) is 11.1 Å². The number of rotatable bonds is 4. The summed E-state index contributed by atoms with van der Waals surface area (Å²) < 4.78 is 12.0. The highest BCUT2D eigenvalue weighted by atomic mass is 79.9. The van der Waals surface area contributed by atoms with Crippen LogP contribution in [0, 0.1) is 6.92 Å². The number of hydrogen-bond donors (Lipinski definition) is 0. The summed E-state index contributed by atoms with van der Waals surface area (Å²) in [5.74, 6) is 1.76. The molecule has 2 aromatic carbocycles. The van der Waals surface area contributed by atoms with Crippen LogP contribution in [0.2, 0.25) is 0 Å². The first-order chi connectivity index (χ1) is 8.69. The topological polar surface area (TPSA) is 18.5 Å². The highest BCUT2D eigenvalue weighted by Crippen LogP contribution is 2.21. The largest absolute Gasteiger partial charge is 0.496 e. The lowest BCUT2D eigenvalue weighted by Crippen LogP contribution is -1.96. The number of hydrogen-bond acceptors (Lipinski definition) is 2. The predicted octanol–water partition coefficient (Wildman–Crippen LogP) is 4.35. The molecule has 3 heteroatoms. The van der Waals surface area contributed by atoms with Crippen molar-refractivity contribution in [2.45, 2.75) is 13.5 Å². The molecule has 18 heavy (non-hydrogen) atoms. The zero-order chi connectivity index (χ0) is 13.0. The lowest BCUT2D eigenvalue weighted by Gasteiger charge is -2.09. The third-order valence-electron chi connectivity index (χ3n) is 2.66. The van der Waals surface area contributed by atoms with Gasteiger partial charge >= 0.3 is 0 Å². The molecule has 0 heterocycles. The highest BCUT2D eigenvalue weighted by Gasteiger charge is 2.01. The van der Waals surface area contributed by atoms with Gasteiger partial charge in [-0.2, -0.15) is 0 Å². The van der Waals surface area contributed by atoms with E-state index >= 15 is 0 Å². The minimum atomic E-state index is 0.557. The molecule has 0 amide bonds. The maximum absolute atomic E-state index is 5.73. The van der Waals surface area contributed by atoms with Gasteiger partial charge in [-0.1, -0.05) is 28.1 Å². The average molecular weight is 307 g/mol. The fourth-order valence-corrected chi connectivity index (χ4v) is 2.13.